The van der Waals surface area contributed by atoms with E-state index in [9.17, 15) is 19.8 Å². The predicted octanol–water partition coefficient (Wildman–Crippen LogP) is 4.21. The largest absolute Gasteiger partial charge is 0.481 e. The third-order valence-electron chi connectivity index (χ3n) is 4.54. The monoisotopic (exact) mass is 352 g/mol. The molecule has 4 heteroatoms. The van der Waals surface area contributed by atoms with Crippen LogP contribution in [-0.2, 0) is 22.4 Å². The van der Waals surface area contributed by atoms with Gasteiger partial charge in [0.1, 0.15) is 0 Å². The number of carboxylic acids is 2. The van der Waals surface area contributed by atoms with Gasteiger partial charge in [-0.25, -0.2) is 0 Å². The average molecular weight is 352 g/mol. The maximum atomic E-state index is 11.7. The summed E-state index contributed by atoms with van der Waals surface area (Å²) in [6, 6.07) is 19.0. The van der Waals surface area contributed by atoms with Crippen molar-refractivity contribution in [1.29, 1.82) is 0 Å². The molecule has 0 bridgehead atoms. The van der Waals surface area contributed by atoms with Crippen molar-refractivity contribution in [2.24, 2.45) is 11.8 Å². The van der Waals surface area contributed by atoms with Crippen molar-refractivity contribution in [2.45, 2.75) is 25.7 Å². The standard InChI is InChI=1S/C22H24O4/c1-16(14-19(21(23)24)15-18-10-6-3-7-11-18)20(22(25)26)13-12-17-8-4-2-5-9-17/h2-11,19-20H,1,12-15H2,(H,23,24)(H,25,26)/t19-,20-/m1/s1. The first kappa shape index (κ1) is 19.4. The minimum Gasteiger partial charge on any atom is -0.481 e. The number of aliphatic carboxylic acids is 2. The first-order chi connectivity index (χ1) is 12.5. The first-order valence-corrected chi connectivity index (χ1v) is 8.68. The third kappa shape index (κ3) is 5.88. The minimum absolute atomic E-state index is 0.163. The molecular formula is C22H24O4. The summed E-state index contributed by atoms with van der Waals surface area (Å²) in [5, 5.41) is 19.1. The molecule has 4 nitrogen and oxygen atoms in total. The van der Waals surface area contributed by atoms with Gasteiger partial charge in [0.2, 0.25) is 0 Å². The highest BCUT2D eigenvalue weighted by molar-refractivity contribution is 5.75. The smallest absolute Gasteiger partial charge is 0.310 e. The number of hydrogen-bond donors (Lipinski definition) is 2. The second-order valence-electron chi connectivity index (χ2n) is 6.50. The topological polar surface area (TPSA) is 74.6 Å². The average Bonchev–Trinajstić information content (AvgIpc) is 2.62. The van der Waals surface area contributed by atoms with Gasteiger partial charge in [0.15, 0.2) is 0 Å². The molecule has 2 N–H and O–H groups in total. The number of hydrogen-bond acceptors (Lipinski definition) is 2. The van der Waals surface area contributed by atoms with E-state index in [1.807, 2.05) is 60.7 Å². The fourth-order valence-corrected chi connectivity index (χ4v) is 3.06. The van der Waals surface area contributed by atoms with E-state index in [-0.39, 0.29) is 6.42 Å². The Kier molecular flexibility index (Phi) is 7.15. The maximum absolute atomic E-state index is 11.7. The van der Waals surface area contributed by atoms with E-state index in [2.05, 4.69) is 6.58 Å². The molecule has 0 aromatic heterocycles. The van der Waals surface area contributed by atoms with Gasteiger partial charge in [-0.15, -0.1) is 0 Å². The van der Waals surface area contributed by atoms with Crippen LogP contribution in [0.2, 0.25) is 0 Å². The van der Waals surface area contributed by atoms with E-state index in [0.29, 0.717) is 24.8 Å². The van der Waals surface area contributed by atoms with Crippen molar-refractivity contribution in [3.8, 4) is 0 Å². The highest BCUT2D eigenvalue weighted by atomic mass is 16.4. The second-order valence-corrected chi connectivity index (χ2v) is 6.50. The Morgan fingerprint density at radius 1 is 0.846 bits per heavy atom. The molecule has 0 heterocycles. The van der Waals surface area contributed by atoms with E-state index < -0.39 is 23.8 Å². The fraction of sp³-hybridized carbons (Fsp3) is 0.273. The SMILES string of the molecule is C=C(C[C@H](Cc1ccccc1)C(=O)O)[C@@H](CCc1ccccc1)C(=O)O. The molecule has 0 saturated heterocycles. The van der Waals surface area contributed by atoms with Crippen molar-refractivity contribution in [3.63, 3.8) is 0 Å². The molecule has 2 atom stereocenters. The molecule has 2 rings (SSSR count). The zero-order chi connectivity index (χ0) is 18.9. The quantitative estimate of drug-likeness (QED) is 0.628. The Morgan fingerprint density at radius 3 is 1.88 bits per heavy atom. The normalized spacial score (nSPS) is 12.9. The molecular weight excluding hydrogens is 328 g/mol. The van der Waals surface area contributed by atoms with Crippen molar-refractivity contribution in [3.05, 3.63) is 83.9 Å². The van der Waals surface area contributed by atoms with Crippen LogP contribution in [0.5, 0.6) is 0 Å². The van der Waals surface area contributed by atoms with Crippen molar-refractivity contribution >= 4 is 11.9 Å². The van der Waals surface area contributed by atoms with E-state index in [4.69, 9.17) is 0 Å². The molecule has 0 aliphatic rings. The molecule has 136 valence electrons. The first-order valence-electron chi connectivity index (χ1n) is 8.68. The van der Waals surface area contributed by atoms with Gasteiger partial charge >= 0.3 is 11.9 Å². The van der Waals surface area contributed by atoms with Gasteiger partial charge in [-0.3, -0.25) is 9.59 Å². The molecule has 0 aliphatic heterocycles. The summed E-state index contributed by atoms with van der Waals surface area (Å²) in [5.41, 5.74) is 2.45. The van der Waals surface area contributed by atoms with Crippen LogP contribution < -0.4 is 0 Å². The van der Waals surface area contributed by atoms with E-state index in [1.165, 1.54) is 0 Å². The minimum atomic E-state index is -0.949. The second kappa shape index (κ2) is 9.56. The Bertz CT molecular complexity index is 737. The van der Waals surface area contributed by atoms with E-state index >= 15 is 0 Å². The van der Waals surface area contributed by atoms with Crippen LogP contribution in [0, 0.1) is 11.8 Å². The van der Waals surface area contributed by atoms with Crippen LogP contribution in [-0.4, -0.2) is 22.2 Å². The zero-order valence-corrected chi connectivity index (χ0v) is 14.7. The molecule has 0 spiro atoms. The van der Waals surface area contributed by atoms with Gasteiger partial charge in [0.05, 0.1) is 11.8 Å². The molecule has 2 aromatic carbocycles. The summed E-state index contributed by atoms with van der Waals surface area (Å²) in [5.74, 6) is -3.30. The molecule has 0 radical (unpaired) electrons. The highest BCUT2D eigenvalue weighted by Gasteiger charge is 2.26. The summed E-state index contributed by atoms with van der Waals surface area (Å²) in [6.07, 6.45) is 1.55. The third-order valence-corrected chi connectivity index (χ3v) is 4.54. The molecule has 0 amide bonds. The Morgan fingerprint density at radius 2 is 1.38 bits per heavy atom. The fourth-order valence-electron chi connectivity index (χ4n) is 3.06. The van der Waals surface area contributed by atoms with Crippen LogP contribution in [0.3, 0.4) is 0 Å². The van der Waals surface area contributed by atoms with Crippen molar-refractivity contribution in [1.82, 2.24) is 0 Å². The Hall–Kier alpha value is -2.88. The number of benzene rings is 2. The summed E-state index contributed by atoms with van der Waals surface area (Å²) in [4.78, 5) is 23.3. The van der Waals surface area contributed by atoms with Gasteiger partial charge in [-0.2, -0.15) is 0 Å². The molecule has 0 aliphatic carbocycles. The lowest BCUT2D eigenvalue weighted by Gasteiger charge is -2.19. The van der Waals surface area contributed by atoms with Crippen molar-refractivity contribution in [2.75, 3.05) is 0 Å². The lowest BCUT2D eigenvalue weighted by molar-refractivity contribution is -0.143. The summed E-state index contributed by atoms with van der Waals surface area (Å²) < 4.78 is 0. The van der Waals surface area contributed by atoms with Crippen LogP contribution in [0.25, 0.3) is 0 Å². The number of carboxylic acid groups (broad SMARTS) is 2. The molecule has 0 unspecified atom stereocenters. The molecule has 0 fully saturated rings. The lowest BCUT2D eigenvalue weighted by atomic mass is 9.85. The van der Waals surface area contributed by atoms with Crippen LogP contribution in [0.1, 0.15) is 24.0 Å². The van der Waals surface area contributed by atoms with Gasteiger partial charge in [-0.1, -0.05) is 72.8 Å². The molecule has 2 aromatic rings. The molecule has 0 saturated carbocycles. The number of carbonyl (C=O) groups is 2. The van der Waals surface area contributed by atoms with Crippen LogP contribution in [0.4, 0.5) is 0 Å². The van der Waals surface area contributed by atoms with Gasteiger partial charge in [0, 0.05) is 0 Å². The Labute approximate surface area is 153 Å². The number of rotatable bonds is 10. The maximum Gasteiger partial charge on any atom is 0.310 e. The van der Waals surface area contributed by atoms with Crippen molar-refractivity contribution < 1.29 is 19.8 Å². The van der Waals surface area contributed by atoms with Gasteiger partial charge in [0.25, 0.3) is 0 Å². The van der Waals surface area contributed by atoms with Gasteiger partial charge < -0.3 is 10.2 Å². The predicted molar refractivity (Wildman–Crippen MR) is 101 cm³/mol. The summed E-state index contributed by atoms with van der Waals surface area (Å²) in [7, 11) is 0. The summed E-state index contributed by atoms with van der Waals surface area (Å²) >= 11 is 0. The lowest BCUT2D eigenvalue weighted by Crippen LogP contribution is -2.23. The van der Waals surface area contributed by atoms with E-state index in [1.54, 1.807) is 0 Å². The summed E-state index contributed by atoms with van der Waals surface area (Å²) in [6.45, 7) is 3.91. The zero-order valence-electron chi connectivity index (χ0n) is 14.7. The number of aryl methyl sites for hydroxylation is 1. The van der Waals surface area contributed by atoms with Crippen LogP contribution in [0.15, 0.2) is 72.8 Å². The highest BCUT2D eigenvalue weighted by Crippen LogP contribution is 2.25. The van der Waals surface area contributed by atoms with E-state index in [0.717, 1.165) is 11.1 Å². The van der Waals surface area contributed by atoms with Crippen LogP contribution >= 0.6 is 0 Å². The molecule has 26 heavy (non-hydrogen) atoms. The Balaban J connectivity index is 2.01. The van der Waals surface area contributed by atoms with Gasteiger partial charge in [-0.05, 0) is 36.8 Å².